The van der Waals surface area contributed by atoms with E-state index in [4.69, 9.17) is 9.47 Å². The third kappa shape index (κ3) is 6.32. The minimum absolute atomic E-state index is 0.0890. The summed E-state index contributed by atoms with van der Waals surface area (Å²) in [6.45, 7) is 10.8. The summed E-state index contributed by atoms with van der Waals surface area (Å²) < 4.78 is 42.2. The third-order valence-corrected chi connectivity index (χ3v) is 8.57. The van der Waals surface area contributed by atoms with Gasteiger partial charge in [-0.3, -0.25) is 4.57 Å². The van der Waals surface area contributed by atoms with Crippen molar-refractivity contribution in [1.82, 2.24) is 29.4 Å². The van der Waals surface area contributed by atoms with Crippen LogP contribution in [0.2, 0.25) is 0 Å². The Morgan fingerprint density at radius 2 is 1.79 bits per heavy atom. The van der Waals surface area contributed by atoms with Crippen LogP contribution in [0.1, 0.15) is 25.7 Å². The van der Waals surface area contributed by atoms with Crippen LogP contribution in [0.5, 0.6) is 11.8 Å². The number of anilines is 2. The van der Waals surface area contributed by atoms with Crippen LogP contribution in [0.3, 0.4) is 0 Å². The highest BCUT2D eigenvalue weighted by molar-refractivity contribution is 7.89. The van der Waals surface area contributed by atoms with E-state index in [2.05, 4.69) is 47.7 Å². The summed E-state index contributed by atoms with van der Waals surface area (Å²) in [5, 5.41) is 8.50. The van der Waals surface area contributed by atoms with E-state index >= 15 is 0 Å². The first-order valence-corrected chi connectivity index (χ1v) is 14.8. The lowest BCUT2D eigenvalue weighted by molar-refractivity contribution is 0.122. The molecule has 0 bridgehead atoms. The number of morpholine rings is 1. The predicted octanol–water partition coefficient (Wildman–Crippen LogP) is 2.11. The molecule has 1 atom stereocenters. The fourth-order valence-electron chi connectivity index (χ4n) is 4.77. The SMILES string of the molecule is CCn1c(Oc2cccc(N3CCN(C)CC3)c2)nnc1[C@@H](C)NS(=O)(=O)c1ccc(N2CCOCC2)nc1. The molecule has 210 valence electrons. The van der Waals surface area contributed by atoms with Crippen LogP contribution < -0.4 is 19.3 Å². The van der Waals surface area contributed by atoms with Crippen molar-refractivity contribution < 1.29 is 17.9 Å². The van der Waals surface area contributed by atoms with Crippen LogP contribution in [-0.2, 0) is 21.3 Å². The van der Waals surface area contributed by atoms with Gasteiger partial charge in [0.05, 0.1) is 19.3 Å². The summed E-state index contributed by atoms with van der Waals surface area (Å²) in [6.07, 6.45) is 1.38. The Morgan fingerprint density at radius 3 is 2.49 bits per heavy atom. The second-order valence-electron chi connectivity index (χ2n) is 9.77. The van der Waals surface area contributed by atoms with Crippen LogP contribution in [0, 0.1) is 0 Å². The van der Waals surface area contributed by atoms with Crippen molar-refractivity contribution in [2.45, 2.75) is 31.3 Å². The van der Waals surface area contributed by atoms with Gasteiger partial charge in [0.15, 0.2) is 5.82 Å². The minimum Gasteiger partial charge on any atom is -0.424 e. The molecular formula is C26H36N8O4S. The minimum atomic E-state index is -3.84. The Bertz CT molecular complexity index is 1350. The van der Waals surface area contributed by atoms with Gasteiger partial charge in [-0.2, -0.15) is 0 Å². The number of nitrogens with one attached hydrogen (secondary N) is 1. The number of piperazine rings is 1. The lowest BCUT2D eigenvalue weighted by Crippen LogP contribution is -2.44. The van der Waals surface area contributed by atoms with Gasteiger partial charge >= 0.3 is 6.01 Å². The topological polar surface area (TPSA) is 118 Å². The second kappa shape index (κ2) is 11.9. The number of rotatable bonds is 9. The Labute approximate surface area is 229 Å². The first kappa shape index (κ1) is 27.3. The molecule has 2 saturated heterocycles. The third-order valence-electron chi connectivity index (χ3n) is 7.04. The van der Waals surface area contributed by atoms with E-state index < -0.39 is 16.1 Å². The first-order chi connectivity index (χ1) is 18.8. The van der Waals surface area contributed by atoms with Crippen LogP contribution in [-0.4, -0.2) is 92.6 Å². The molecule has 1 N–H and O–H groups in total. The van der Waals surface area contributed by atoms with E-state index in [0.29, 0.717) is 37.3 Å². The summed E-state index contributed by atoms with van der Waals surface area (Å²) in [5.41, 5.74) is 1.10. The van der Waals surface area contributed by atoms with Crippen molar-refractivity contribution in [1.29, 1.82) is 0 Å². The lowest BCUT2D eigenvalue weighted by atomic mass is 10.2. The molecule has 0 amide bonds. The van der Waals surface area contributed by atoms with E-state index in [1.807, 2.05) is 25.1 Å². The zero-order chi connectivity index (χ0) is 27.4. The number of nitrogens with zero attached hydrogens (tertiary/aromatic N) is 7. The van der Waals surface area contributed by atoms with Crippen LogP contribution in [0.25, 0.3) is 0 Å². The smallest absolute Gasteiger partial charge is 0.322 e. The summed E-state index contributed by atoms with van der Waals surface area (Å²) in [5.74, 6) is 1.85. The van der Waals surface area contributed by atoms with E-state index in [0.717, 1.165) is 50.8 Å². The molecule has 13 heteroatoms. The van der Waals surface area contributed by atoms with Crippen molar-refractivity contribution in [2.75, 3.05) is 69.3 Å². The zero-order valence-corrected chi connectivity index (χ0v) is 23.5. The highest BCUT2D eigenvalue weighted by atomic mass is 32.2. The molecule has 1 aromatic carbocycles. The Balaban J connectivity index is 1.27. The molecule has 2 fully saturated rings. The van der Waals surface area contributed by atoms with Crippen molar-refractivity contribution in [3.05, 3.63) is 48.4 Å². The number of hydrogen-bond donors (Lipinski definition) is 1. The first-order valence-electron chi connectivity index (χ1n) is 13.3. The van der Waals surface area contributed by atoms with Crippen molar-refractivity contribution in [2.24, 2.45) is 0 Å². The number of aromatic nitrogens is 4. The van der Waals surface area contributed by atoms with E-state index in [9.17, 15) is 8.42 Å². The number of benzene rings is 1. The van der Waals surface area contributed by atoms with Gasteiger partial charge in [0.1, 0.15) is 16.5 Å². The van der Waals surface area contributed by atoms with Crippen molar-refractivity contribution in [3.63, 3.8) is 0 Å². The fraction of sp³-hybridized carbons (Fsp3) is 0.500. The van der Waals surface area contributed by atoms with E-state index in [1.165, 1.54) is 6.20 Å². The van der Waals surface area contributed by atoms with E-state index in [-0.39, 0.29) is 4.90 Å². The molecule has 2 aliphatic rings. The normalized spacial score (nSPS) is 17.8. The largest absolute Gasteiger partial charge is 0.424 e. The molecular weight excluding hydrogens is 520 g/mol. The molecule has 39 heavy (non-hydrogen) atoms. The molecule has 0 spiro atoms. The van der Waals surface area contributed by atoms with Gasteiger partial charge in [0, 0.05) is 63.8 Å². The standard InChI is InChI=1S/C26H36N8O4S/c1-4-34-25(20(2)30-39(35,36)23-8-9-24(27-19-23)33-14-16-37-17-15-33)28-29-26(34)38-22-7-5-6-21(18-22)32-12-10-31(3)11-13-32/h5-9,18-20,30H,4,10-17H2,1-3H3/t20-/m1/s1. The molecule has 0 unspecified atom stereocenters. The van der Waals surface area contributed by atoms with Gasteiger partial charge in [-0.05, 0) is 45.2 Å². The Hall–Kier alpha value is -3.26. The second-order valence-corrected chi connectivity index (χ2v) is 11.5. The van der Waals surface area contributed by atoms with Gasteiger partial charge in [0.2, 0.25) is 10.0 Å². The Kier molecular flexibility index (Phi) is 8.31. The van der Waals surface area contributed by atoms with Gasteiger partial charge in [0.25, 0.3) is 0 Å². The number of sulfonamides is 1. The summed E-state index contributed by atoms with van der Waals surface area (Å²) in [7, 11) is -1.71. The maximum atomic E-state index is 13.1. The molecule has 2 aromatic heterocycles. The van der Waals surface area contributed by atoms with Crippen LogP contribution in [0.4, 0.5) is 11.5 Å². The summed E-state index contributed by atoms with van der Waals surface area (Å²) >= 11 is 0. The van der Waals surface area contributed by atoms with Gasteiger partial charge in [-0.15, -0.1) is 5.10 Å². The summed E-state index contributed by atoms with van der Waals surface area (Å²) in [6, 6.07) is 10.9. The highest BCUT2D eigenvalue weighted by Gasteiger charge is 2.25. The maximum absolute atomic E-state index is 13.1. The Morgan fingerprint density at radius 1 is 1.03 bits per heavy atom. The van der Waals surface area contributed by atoms with E-state index in [1.54, 1.807) is 23.6 Å². The average molecular weight is 557 g/mol. The van der Waals surface area contributed by atoms with Crippen LogP contribution in [0.15, 0.2) is 47.5 Å². The molecule has 2 aliphatic heterocycles. The highest BCUT2D eigenvalue weighted by Crippen LogP contribution is 2.28. The number of hydrogen-bond acceptors (Lipinski definition) is 10. The van der Waals surface area contributed by atoms with Gasteiger partial charge in [-0.1, -0.05) is 11.2 Å². The molecule has 3 aromatic rings. The average Bonchev–Trinajstić information content (AvgIpc) is 3.36. The quantitative estimate of drug-likeness (QED) is 0.420. The zero-order valence-electron chi connectivity index (χ0n) is 22.7. The van der Waals surface area contributed by atoms with Gasteiger partial charge in [-0.25, -0.2) is 18.1 Å². The maximum Gasteiger partial charge on any atom is 0.322 e. The molecule has 0 aliphatic carbocycles. The fourth-order valence-corrected chi connectivity index (χ4v) is 5.92. The number of likely N-dealkylation sites (N-methyl/N-ethyl adjacent to an activating group) is 1. The molecule has 5 rings (SSSR count). The molecule has 12 nitrogen and oxygen atoms in total. The predicted molar refractivity (Wildman–Crippen MR) is 148 cm³/mol. The molecule has 0 saturated carbocycles. The monoisotopic (exact) mass is 556 g/mol. The van der Waals surface area contributed by atoms with Gasteiger partial charge < -0.3 is 24.2 Å². The number of pyridine rings is 1. The molecule has 0 radical (unpaired) electrons. The lowest BCUT2D eigenvalue weighted by Gasteiger charge is -2.34. The molecule has 4 heterocycles. The number of ether oxygens (including phenoxy) is 2. The summed E-state index contributed by atoms with van der Waals surface area (Å²) in [4.78, 5) is 11.2. The van der Waals surface area contributed by atoms with Crippen LogP contribution >= 0.6 is 0 Å². The van der Waals surface area contributed by atoms with Crippen molar-refractivity contribution in [3.8, 4) is 11.8 Å². The van der Waals surface area contributed by atoms with Crippen molar-refractivity contribution >= 4 is 21.5 Å².